The van der Waals surface area contributed by atoms with Crippen LogP contribution in [0.1, 0.15) is 11.6 Å². The SMILES string of the molecule is CSCC(N)c1ccc(Cl)cc1. The van der Waals surface area contributed by atoms with E-state index in [4.69, 9.17) is 17.3 Å². The second-order valence-electron chi connectivity index (χ2n) is 2.61. The Bertz CT molecular complexity index is 235. The zero-order chi connectivity index (χ0) is 8.97. The normalized spacial score (nSPS) is 12.9. The van der Waals surface area contributed by atoms with E-state index in [1.807, 2.05) is 24.3 Å². The average molecular weight is 202 g/mol. The summed E-state index contributed by atoms with van der Waals surface area (Å²) in [5.74, 6) is 0.946. The molecule has 0 bridgehead atoms. The molecule has 1 unspecified atom stereocenters. The first-order valence-corrected chi connectivity index (χ1v) is 5.51. The van der Waals surface area contributed by atoms with Gasteiger partial charge in [-0.1, -0.05) is 23.7 Å². The summed E-state index contributed by atoms with van der Waals surface area (Å²) in [6.07, 6.45) is 2.05. The van der Waals surface area contributed by atoms with Crippen molar-refractivity contribution in [1.29, 1.82) is 0 Å². The number of hydrogen-bond donors (Lipinski definition) is 1. The van der Waals surface area contributed by atoms with Crippen LogP contribution in [-0.4, -0.2) is 12.0 Å². The maximum absolute atomic E-state index is 5.89. The van der Waals surface area contributed by atoms with Crippen molar-refractivity contribution in [1.82, 2.24) is 0 Å². The standard InChI is InChI=1S/C9H12ClNS/c1-12-6-9(11)7-2-4-8(10)5-3-7/h2-5,9H,6,11H2,1H3. The fourth-order valence-electron chi connectivity index (χ4n) is 0.986. The summed E-state index contributed by atoms with van der Waals surface area (Å²) in [5, 5.41) is 0.759. The van der Waals surface area contributed by atoms with Gasteiger partial charge in [0.1, 0.15) is 0 Å². The van der Waals surface area contributed by atoms with Crippen LogP contribution in [0.15, 0.2) is 24.3 Å². The van der Waals surface area contributed by atoms with Gasteiger partial charge < -0.3 is 5.73 Å². The largest absolute Gasteiger partial charge is 0.323 e. The molecule has 0 heterocycles. The number of thioether (sulfide) groups is 1. The van der Waals surface area contributed by atoms with Crippen molar-refractivity contribution in [2.75, 3.05) is 12.0 Å². The Labute approximate surface area is 82.3 Å². The van der Waals surface area contributed by atoms with E-state index < -0.39 is 0 Å². The van der Waals surface area contributed by atoms with Crippen molar-refractivity contribution in [3.63, 3.8) is 0 Å². The third-order valence-corrected chi connectivity index (χ3v) is 2.59. The molecule has 1 rings (SSSR count). The first-order valence-electron chi connectivity index (χ1n) is 3.74. The molecule has 3 heteroatoms. The highest BCUT2D eigenvalue weighted by Gasteiger charge is 2.03. The molecule has 0 saturated heterocycles. The highest BCUT2D eigenvalue weighted by molar-refractivity contribution is 7.98. The number of rotatable bonds is 3. The van der Waals surface area contributed by atoms with E-state index in [-0.39, 0.29) is 6.04 Å². The number of hydrogen-bond acceptors (Lipinski definition) is 2. The molecule has 0 fully saturated rings. The number of halogens is 1. The molecule has 12 heavy (non-hydrogen) atoms. The Hall–Kier alpha value is -0.180. The van der Waals surface area contributed by atoms with Gasteiger partial charge >= 0.3 is 0 Å². The van der Waals surface area contributed by atoms with Gasteiger partial charge in [-0.25, -0.2) is 0 Å². The molecule has 0 aromatic heterocycles. The summed E-state index contributed by atoms with van der Waals surface area (Å²) < 4.78 is 0. The smallest absolute Gasteiger partial charge is 0.0406 e. The van der Waals surface area contributed by atoms with Crippen LogP contribution in [0.4, 0.5) is 0 Å². The van der Waals surface area contributed by atoms with E-state index in [2.05, 4.69) is 6.26 Å². The molecule has 0 aliphatic heterocycles. The monoisotopic (exact) mass is 201 g/mol. The summed E-state index contributed by atoms with van der Waals surface area (Å²) in [4.78, 5) is 0. The van der Waals surface area contributed by atoms with Crippen LogP contribution >= 0.6 is 23.4 Å². The van der Waals surface area contributed by atoms with Gasteiger partial charge in [0.25, 0.3) is 0 Å². The van der Waals surface area contributed by atoms with Crippen LogP contribution in [0.25, 0.3) is 0 Å². The molecule has 1 nitrogen and oxygen atoms in total. The van der Waals surface area contributed by atoms with Crippen molar-refractivity contribution in [3.8, 4) is 0 Å². The summed E-state index contributed by atoms with van der Waals surface area (Å²) in [6.45, 7) is 0. The third kappa shape index (κ3) is 2.70. The zero-order valence-electron chi connectivity index (χ0n) is 6.96. The van der Waals surface area contributed by atoms with Gasteiger partial charge in [-0.2, -0.15) is 11.8 Å². The van der Waals surface area contributed by atoms with E-state index in [1.54, 1.807) is 11.8 Å². The summed E-state index contributed by atoms with van der Waals surface area (Å²) >= 11 is 7.50. The summed E-state index contributed by atoms with van der Waals surface area (Å²) in [5.41, 5.74) is 7.04. The van der Waals surface area contributed by atoms with Crippen LogP contribution in [0, 0.1) is 0 Å². The molecule has 2 N–H and O–H groups in total. The van der Waals surface area contributed by atoms with E-state index in [1.165, 1.54) is 0 Å². The molecule has 0 spiro atoms. The van der Waals surface area contributed by atoms with Gasteiger partial charge in [0.15, 0.2) is 0 Å². The lowest BCUT2D eigenvalue weighted by Crippen LogP contribution is -2.12. The molecule has 1 aromatic carbocycles. The summed E-state index contributed by atoms with van der Waals surface area (Å²) in [7, 11) is 0. The van der Waals surface area contributed by atoms with Gasteiger partial charge in [0, 0.05) is 16.8 Å². The molecule has 1 atom stereocenters. The lowest BCUT2D eigenvalue weighted by Gasteiger charge is -2.09. The molecule has 0 aliphatic carbocycles. The molecular weight excluding hydrogens is 190 g/mol. The molecule has 0 radical (unpaired) electrons. The van der Waals surface area contributed by atoms with Crippen LogP contribution in [0.2, 0.25) is 5.02 Å². The van der Waals surface area contributed by atoms with E-state index in [9.17, 15) is 0 Å². The Balaban J connectivity index is 2.68. The molecule has 0 saturated carbocycles. The molecule has 0 aliphatic rings. The lowest BCUT2D eigenvalue weighted by atomic mass is 10.1. The fourth-order valence-corrected chi connectivity index (χ4v) is 1.66. The van der Waals surface area contributed by atoms with Crippen LogP contribution in [0.5, 0.6) is 0 Å². The van der Waals surface area contributed by atoms with Crippen LogP contribution in [-0.2, 0) is 0 Å². The first kappa shape index (κ1) is 9.90. The van der Waals surface area contributed by atoms with E-state index in [0.717, 1.165) is 16.3 Å². The summed E-state index contributed by atoms with van der Waals surface area (Å²) in [6, 6.07) is 7.82. The molecule has 0 amide bonds. The number of benzene rings is 1. The predicted octanol–water partition coefficient (Wildman–Crippen LogP) is 2.70. The van der Waals surface area contributed by atoms with Crippen LogP contribution < -0.4 is 5.73 Å². The van der Waals surface area contributed by atoms with Crippen molar-refractivity contribution < 1.29 is 0 Å². The minimum Gasteiger partial charge on any atom is -0.323 e. The fraction of sp³-hybridized carbons (Fsp3) is 0.333. The van der Waals surface area contributed by atoms with E-state index >= 15 is 0 Å². The minimum atomic E-state index is 0.122. The average Bonchev–Trinajstić information content (AvgIpc) is 2.06. The zero-order valence-corrected chi connectivity index (χ0v) is 8.53. The van der Waals surface area contributed by atoms with Crippen molar-refractivity contribution in [3.05, 3.63) is 34.9 Å². The third-order valence-electron chi connectivity index (χ3n) is 1.64. The molecule has 1 aromatic rings. The second-order valence-corrected chi connectivity index (χ2v) is 3.96. The first-order chi connectivity index (χ1) is 5.74. The van der Waals surface area contributed by atoms with Gasteiger partial charge in [-0.05, 0) is 24.0 Å². The number of nitrogens with two attached hydrogens (primary N) is 1. The topological polar surface area (TPSA) is 26.0 Å². The minimum absolute atomic E-state index is 0.122. The highest BCUT2D eigenvalue weighted by atomic mass is 35.5. The Morgan fingerprint density at radius 1 is 1.42 bits per heavy atom. The molecular formula is C9H12ClNS. The predicted molar refractivity (Wildman–Crippen MR) is 56.8 cm³/mol. The Morgan fingerprint density at radius 2 is 2.00 bits per heavy atom. The van der Waals surface area contributed by atoms with Crippen molar-refractivity contribution in [2.24, 2.45) is 5.73 Å². The van der Waals surface area contributed by atoms with Crippen molar-refractivity contribution >= 4 is 23.4 Å². The second kappa shape index (κ2) is 4.75. The molecule has 66 valence electrons. The van der Waals surface area contributed by atoms with Gasteiger partial charge in [0.2, 0.25) is 0 Å². The van der Waals surface area contributed by atoms with Gasteiger partial charge in [0.05, 0.1) is 0 Å². The highest BCUT2D eigenvalue weighted by Crippen LogP contribution is 2.16. The lowest BCUT2D eigenvalue weighted by molar-refractivity contribution is 0.832. The van der Waals surface area contributed by atoms with Gasteiger partial charge in [-0.3, -0.25) is 0 Å². The van der Waals surface area contributed by atoms with Crippen LogP contribution in [0.3, 0.4) is 0 Å². The quantitative estimate of drug-likeness (QED) is 0.814. The van der Waals surface area contributed by atoms with Gasteiger partial charge in [-0.15, -0.1) is 0 Å². The maximum atomic E-state index is 5.89. The van der Waals surface area contributed by atoms with E-state index in [0.29, 0.717) is 0 Å². The maximum Gasteiger partial charge on any atom is 0.0406 e. The Morgan fingerprint density at radius 3 is 2.50 bits per heavy atom. The van der Waals surface area contributed by atoms with Crippen molar-refractivity contribution in [2.45, 2.75) is 6.04 Å². The Kier molecular flexibility index (Phi) is 3.92.